The Labute approximate surface area is 213 Å². The first-order chi connectivity index (χ1) is 16.8. The lowest BCUT2D eigenvalue weighted by Gasteiger charge is -2.42. The van der Waals surface area contributed by atoms with Crippen molar-refractivity contribution in [1.29, 1.82) is 0 Å². The number of ether oxygens (including phenoxy) is 1. The second-order valence-corrected chi connectivity index (χ2v) is 12.9. The number of nitrogens with two attached hydrogens (primary N) is 1. The quantitative estimate of drug-likeness (QED) is 0.619. The summed E-state index contributed by atoms with van der Waals surface area (Å²) >= 11 is 0. The number of nitrogens with one attached hydrogen (secondary N) is 1. The van der Waals surface area contributed by atoms with E-state index >= 15 is 0 Å². The molecule has 2 aromatic heterocycles. The van der Waals surface area contributed by atoms with Crippen molar-refractivity contribution in [3.63, 3.8) is 0 Å². The molecule has 4 heterocycles. The van der Waals surface area contributed by atoms with Crippen LogP contribution in [0, 0.1) is 11.8 Å². The molecule has 1 amide bonds. The number of aromatic nitrogens is 2. The van der Waals surface area contributed by atoms with E-state index in [1.807, 2.05) is 0 Å². The van der Waals surface area contributed by atoms with E-state index in [2.05, 4.69) is 49.2 Å². The van der Waals surface area contributed by atoms with Crippen LogP contribution in [-0.2, 0) is 20.2 Å². The van der Waals surface area contributed by atoms with Crippen LogP contribution in [-0.4, -0.2) is 49.6 Å². The maximum atomic E-state index is 13.4. The lowest BCUT2D eigenvalue weighted by Crippen LogP contribution is -2.47. The van der Waals surface area contributed by atoms with Crippen LogP contribution in [0.15, 0.2) is 35.4 Å². The molecule has 0 spiro atoms. The van der Waals surface area contributed by atoms with E-state index in [4.69, 9.17) is 15.5 Å². The predicted molar refractivity (Wildman–Crippen MR) is 139 cm³/mol. The Balaban J connectivity index is 1.71. The fourth-order valence-electron chi connectivity index (χ4n) is 5.48. The molecule has 9 nitrogen and oxygen atoms in total. The summed E-state index contributed by atoms with van der Waals surface area (Å²) in [4.78, 5) is 24.4. The van der Waals surface area contributed by atoms with E-state index in [1.54, 1.807) is 12.1 Å². The number of hydrogen-bond donors (Lipinski definition) is 2. The van der Waals surface area contributed by atoms with Gasteiger partial charge in [-0.2, -0.15) is 8.42 Å². The first kappa shape index (κ1) is 26.3. The van der Waals surface area contributed by atoms with Gasteiger partial charge in [0.05, 0.1) is 5.56 Å². The van der Waals surface area contributed by atoms with E-state index in [1.165, 1.54) is 18.2 Å². The highest BCUT2D eigenvalue weighted by Gasteiger charge is 2.47. The Hall–Kier alpha value is -2.72. The number of nitrogens with zero attached hydrogens (tertiary/aromatic N) is 3. The topological polar surface area (TPSA) is 128 Å². The average molecular weight is 516 g/mol. The van der Waals surface area contributed by atoms with Gasteiger partial charge in [0.25, 0.3) is 15.9 Å². The summed E-state index contributed by atoms with van der Waals surface area (Å²) in [7, 11) is -4.22. The molecule has 0 saturated carbocycles. The van der Waals surface area contributed by atoms with Crippen LogP contribution in [0.1, 0.15) is 69.9 Å². The normalized spacial score (nSPS) is 20.9. The Morgan fingerprint density at radius 2 is 1.81 bits per heavy atom. The zero-order chi connectivity index (χ0) is 26.3. The summed E-state index contributed by atoms with van der Waals surface area (Å²) in [6.45, 7) is 12.9. The minimum absolute atomic E-state index is 0.0557. The molecular formula is C26H37N5O4S. The standard InChI is InChI=1S/C26H37N5O4S/c1-25(2,3)20-10-9-18(24(32)30-36(33,34)22-8-6-7-21(27)29-22)23(28-20)31-14-11-19(26(31,4)5)17-12-15-35-16-13-17/h6-10,17,19H,11-16H2,1-5H3,(H2,27,29)(H,30,32). The summed E-state index contributed by atoms with van der Waals surface area (Å²) in [6, 6.07) is 7.74. The van der Waals surface area contributed by atoms with Gasteiger partial charge < -0.3 is 15.4 Å². The number of nitrogen functional groups attached to an aromatic ring is 1. The van der Waals surface area contributed by atoms with E-state index in [9.17, 15) is 13.2 Å². The molecule has 3 N–H and O–H groups in total. The van der Waals surface area contributed by atoms with Crippen LogP contribution in [0.2, 0.25) is 0 Å². The average Bonchev–Trinajstić information content (AvgIpc) is 3.12. The first-order valence-corrected chi connectivity index (χ1v) is 14.0. The predicted octanol–water partition coefficient (Wildman–Crippen LogP) is 3.51. The maximum absolute atomic E-state index is 13.4. The van der Waals surface area contributed by atoms with Crippen LogP contribution < -0.4 is 15.4 Å². The van der Waals surface area contributed by atoms with Crippen molar-refractivity contribution >= 4 is 27.6 Å². The highest BCUT2D eigenvalue weighted by atomic mass is 32.2. The molecule has 0 aromatic carbocycles. The van der Waals surface area contributed by atoms with Crippen LogP contribution in [0.5, 0.6) is 0 Å². The van der Waals surface area contributed by atoms with Crippen LogP contribution in [0.4, 0.5) is 11.6 Å². The van der Waals surface area contributed by atoms with Crippen molar-refractivity contribution in [2.75, 3.05) is 30.4 Å². The third kappa shape index (κ3) is 5.20. The van der Waals surface area contributed by atoms with Crippen LogP contribution in [0.3, 0.4) is 0 Å². The zero-order valence-corrected chi connectivity index (χ0v) is 22.6. The van der Waals surface area contributed by atoms with Gasteiger partial charge in [-0.05, 0) is 69.2 Å². The number of hydrogen-bond acceptors (Lipinski definition) is 8. The molecule has 196 valence electrons. The van der Waals surface area contributed by atoms with Gasteiger partial charge in [-0.1, -0.05) is 26.8 Å². The molecule has 2 saturated heterocycles. The van der Waals surface area contributed by atoms with Crippen LogP contribution in [0.25, 0.3) is 0 Å². The highest BCUT2D eigenvalue weighted by molar-refractivity contribution is 7.90. The lowest BCUT2D eigenvalue weighted by atomic mass is 9.75. The van der Waals surface area contributed by atoms with Gasteiger partial charge in [-0.3, -0.25) is 4.79 Å². The Morgan fingerprint density at radius 3 is 2.44 bits per heavy atom. The molecule has 2 aliphatic rings. The van der Waals surface area contributed by atoms with Crippen molar-refractivity contribution in [3.8, 4) is 0 Å². The highest BCUT2D eigenvalue weighted by Crippen LogP contribution is 2.45. The maximum Gasteiger partial charge on any atom is 0.281 e. The van der Waals surface area contributed by atoms with Gasteiger partial charge in [0, 0.05) is 36.4 Å². The van der Waals surface area contributed by atoms with Crippen molar-refractivity contribution in [3.05, 3.63) is 41.6 Å². The summed E-state index contributed by atoms with van der Waals surface area (Å²) in [5.74, 6) is 0.775. The monoisotopic (exact) mass is 515 g/mol. The number of amides is 1. The minimum Gasteiger partial charge on any atom is -0.384 e. The number of sulfonamides is 1. The minimum atomic E-state index is -4.22. The molecule has 1 unspecified atom stereocenters. The molecule has 36 heavy (non-hydrogen) atoms. The number of rotatable bonds is 5. The second kappa shape index (κ2) is 9.63. The molecule has 1 atom stereocenters. The van der Waals surface area contributed by atoms with Crippen LogP contribution >= 0.6 is 0 Å². The van der Waals surface area contributed by atoms with Gasteiger partial charge in [0.1, 0.15) is 11.6 Å². The zero-order valence-electron chi connectivity index (χ0n) is 21.7. The molecule has 2 aromatic rings. The number of pyridine rings is 2. The smallest absolute Gasteiger partial charge is 0.281 e. The molecule has 0 radical (unpaired) electrons. The fourth-order valence-corrected chi connectivity index (χ4v) is 6.42. The molecule has 0 bridgehead atoms. The number of carbonyl (C=O) groups excluding carboxylic acids is 1. The SMILES string of the molecule is CC(C)(C)c1ccc(C(=O)NS(=O)(=O)c2cccc(N)n2)c(N2CCC(C3CCOCC3)C2(C)C)n1. The van der Waals surface area contributed by atoms with E-state index < -0.39 is 15.9 Å². The van der Waals surface area contributed by atoms with Gasteiger partial charge in [-0.25, -0.2) is 14.7 Å². The second-order valence-electron chi connectivity index (χ2n) is 11.3. The molecule has 10 heteroatoms. The lowest BCUT2D eigenvalue weighted by molar-refractivity contribution is 0.0382. The Bertz CT molecular complexity index is 1230. The summed E-state index contributed by atoms with van der Waals surface area (Å²) < 4.78 is 33.6. The molecule has 2 fully saturated rings. The van der Waals surface area contributed by atoms with Gasteiger partial charge in [-0.15, -0.1) is 0 Å². The molecule has 2 aliphatic heterocycles. The Morgan fingerprint density at radius 1 is 1.11 bits per heavy atom. The van der Waals surface area contributed by atoms with Gasteiger partial charge in [0.15, 0.2) is 5.03 Å². The molecule has 4 rings (SSSR count). The molecule has 0 aliphatic carbocycles. The van der Waals surface area contributed by atoms with Gasteiger partial charge in [0.2, 0.25) is 0 Å². The van der Waals surface area contributed by atoms with Crippen molar-refractivity contribution < 1.29 is 17.9 Å². The number of anilines is 2. The van der Waals surface area contributed by atoms with Crippen molar-refractivity contribution in [2.45, 2.75) is 69.9 Å². The van der Waals surface area contributed by atoms with Crippen molar-refractivity contribution in [2.24, 2.45) is 11.8 Å². The largest absolute Gasteiger partial charge is 0.384 e. The first-order valence-electron chi connectivity index (χ1n) is 12.5. The fraction of sp³-hybridized carbons (Fsp3) is 0.577. The third-order valence-corrected chi connectivity index (χ3v) is 8.73. The summed E-state index contributed by atoms with van der Waals surface area (Å²) in [5.41, 5.74) is 6.19. The van der Waals surface area contributed by atoms with Crippen molar-refractivity contribution in [1.82, 2.24) is 14.7 Å². The van der Waals surface area contributed by atoms with E-state index in [0.717, 1.165) is 44.7 Å². The Kier molecular flexibility index (Phi) is 7.04. The van der Waals surface area contributed by atoms with E-state index in [-0.39, 0.29) is 27.4 Å². The van der Waals surface area contributed by atoms with Gasteiger partial charge >= 0.3 is 0 Å². The summed E-state index contributed by atoms with van der Waals surface area (Å²) in [5, 5.41) is -0.308. The molecular weight excluding hydrogens is 478 g/mol. The number of carbonyl (C=O) groups is 1. The summed E-state index contributed by atoms with van der Waals surface area (Å²) in [6.07, 6.45) is 3.03. The third-order valence-electron chi connectivity index (χ3n) is 7.49. The van der Waals surface area contributed by atoms with E-state index in [0.29, 0.717) is 17.7 Å².